The number of benzene rings is 2. The van der Waals surface area contributed by atoms with Crippen LogP contribution in [0.4, 0.5) is 4.39 Å². The van der Waals surface area contributed by atoms with Gasteiger partial charge >= 0.3 is 0 Å². The van der Waals surface area contributed by atoms with Crippen LogP contribution in [0.2, 0.25) is 0 Å². The lowest BCUT2D eigenvalue weighted by Gasteiger charge is -2.35. The molecule has 5 rings (SSSR count). The second-order valence-corrected chi connectivity index (χ2v) is 11.9. The number of nitrogens with two attached hydrogens (primary N) is 1. The number of nitrogens with zero attached hydrogens (tertiary/aromatic N) is 3. The Labute approximate surface area is 252 Å². The van der Waals surface area contributed by atoms with Gasteiger partial charge in [-0.3, -0.25) is 19.0 Å². The van der Waals surface area contributed by atoms with E-state index in [1.165, 1.54) is 34.1 Å². The first-order chi connectivity index (χ1) is 20.6. The van der Waals surface area contributed by atoms with Gasteiger partial charge in [-0.25, -0.2) is 9.37 Å². The number of halogens is 1. The molecule has 0 radical (unpaired) electrons. The molecule has 5 aromatic rings. The van der Waals surface area contributed by atoms with Crippen LogP contribution in [0, 0.1) is 18.7 Å². The molecule has 3 heterocycles. The fourth-order valence-corrected chi connectivity index (χ4v) is 6.16. The van der Waals surface area contributed by atoms with E-state index in [2.05, 4.69) is 5.32 Å². The Kier molecular flexibility index (Phi) is 8.74. The van der Waals surface area contributed by atoms with Crippen LogP contribution < -0.4 is 16.6 Å². The lowest BCUT2D eigenvalue weighted by Crippen LogP contribution is -2.43. The molecule has 1 atom stereocenters. The predicted octanol–water partition coefficient (Wildman–Crippen LogP) is 5.25. The van der Waals surface area contributed by atoms with Crippen molar-refractivity contribution in [3.8, 4) is 0 Å². The monoisotopic (exact) mass is 603 g/mol. The van der Waals surface area contributed by atoms with E-state index in [0.717, 1.165) is 10.4 Å². The summed E-state index contributed by atoms with van der Waals surface area (Å²) in [7, 11) is 0. The molecule has 43 heavy (non-hydrogen) atoms. The van der Waals surface area contributed by atoms with E-state index in [1.54, 1.807) is 29.2 Å². The van der Waals surface area contributed by atoms with Crippen molar-refractivity contribution in [2.75, 3.05) is 19.6 Å². The van der Waals surface area contributed by atoms with E-state index < -0.39 is 17.4 Å². The average Bonchev–Trinajstić information content (AvgIpc) is 3.59. The second-order valence-electron chi connectivity index (χ2n) is 10.7. The summed E-state index contributed by atoms with van der Waals surface area (Å²) in [6.07, 6.45) is 0. The number of rotatable bonds is 10. The smallest absolute Gasteiger partial charge is 0.297 e. The Morgan fingerprint density at radius 3 is 2.56 bits per heavy atom. The highest BCUT2D eigenvalue weighted by Crippen LogP contribution is 2.33. The molecule has 0 saturated heterocycles. The van der Waals surface area contributed by atoms with E-state index >= 15 is 0 Å². The zero-order valence-electron chi connectivity index (χ0n) is 24.5. The van der Waals surface area contributed by atoms with Gasteiger partial charge in [-0.15, -0.1) is 11.3 Å². The first kappa shape index (κ1) is 30.1. The van der Waals surface area contributed by atoms with Gasteiger partial charge in [0.15, 0.2) is 0 Å². The first-order valence-electron chi connectivity index (χ1n) is 14.2. The van der Waals surface area contributed by atoms with Gasteiger partial charge in [0.25, 0.3) is 17.4 Å². The van der Waals surface area contributed by atoms with Crippen LogP contribution in [0.25, 0.3) is 22.1 Å². The van der Waals surface area contributed by atoms with E-state index in [1.807, 2.05) is 39.8 Å². The Balaban J connectivity index is 1.72. The number of nitrogens with one attached hydrogen (secondary N) is 1. The van der Waals surface area contributed by atoms with Crippen LogP contribution >= 0.6 is 11.3 Å². The third-order valence-electron chi connectivity index (χ3n) is 7.26. The standard InChI is InChI=1S/C32H34FN5O4S/c1-5-35-30(39)25-13-11-22(43-25)17-38-29(36-26-23-16-21(33)10-12-24(23)42-28(26)32(38)41)27(18(2)3)37(15-14-34)31(40)20-8-6-19(4)7-9-20/h6-13,16,18,27H,5,14-15,17,34H2,1-4H3,(H,35,39). The number of amides is 2. The first-order valence-corrected chi connectivity index (χ1v) is 15.0. The van der Waals surface area contributed by atoms with Gasteiger partial charge < -0.3 is 20.4 Å². The van der Waals surface area contributed by atoms with Crippen LogP contribution in [0.1, 0.15) is 63.1 Å². The third kappa shape index (κ3) is 5.95. The van der Waals surface area contributed by atoms with Crippen molar-refractivity contribution in [3.63, 3.8) is 0 Å². The number of aryl methyl sites for hydroxylation is 1. The summed E-state index contributed by atoms with van der Waals surface area (Å²) < 4.78 is 21.7. The summed E-state index contributed by atoms with van der Waals surface area (Å²) in [5.41, 5.74) is 7.60. The molecule has 0 aliphatic carbocycles. The Hall–Kier alpha value is -4.35. The molecule has 3 aromatic heterocycles. The van der Waals surface area contributed by atoms with Crippen LogP contribution in [-0.4, -0.2) is 45.9 Å². The van der Waals surface area contributed by atoms with Crippen molar-refractivity contribution in [2.24, 2.45) is 11.7 Å². The molecule has 9 nitrogen and oxygen atoms in total. The van der Waals surface area contributed by atoms with Crippen LogP contribution in [0.5, 0.6) is 0 Å². The largest absolute Gasteiger partial charge is 0.448 e. The highest BCUT2D eigenvalue weighted by atomic mass is 32.1. The summed E-state index contributed by atoms with van der Waals surface area (Å²) in [4.78, 5) is 48.4. The number of hydrogen-bond acceptors (Lipinski definition) is 7. The molecule has 11 heteroatoms. The highest BCUT2D eigenvalue weighted by molar-refractivity contribution is 7.14. The number of fused-ring (bicyclic) bond motifs is 3. The number of carbonyl (C=O) groups is 2. The molecule has 3 N–H and O–H groups in total. The van der Waals surface area contributed by atoms with Crippen molar-refractivity contribution < 1.29 is 18.4 Å². The van der Waals surface area contributed by atoms with Gasteiger partial charge in [-0.2, -0.15) is 0 Å². The van der Waals surface area contributed by atoms with Crippen molar-refractivity contribution in [1.82, 2.24) is 19.8 Å². The molecule has 0 saturated carbocycles. The van der Waals surface area contributed by atoms with Gasteiger partial charge in [0.2, 0.25) is 5.58 Å². The minimum Gasteiger partial charge on any atom is -0.448 e. The maximum atomic E-state index is 14.3. The van der Waals surface area contributed by atoms with Crippen molar-refractivity contribution >= 4 is 45.2 Å². The van der Waals surface area contributed by atoms with Gasteiger partial charge in [0.1, 0.15) is 22.7 Å². The molecule has 0 bridgehead atoms. The number of aromatic nitrogens is 2. The summed E-state index contributed by atoms with van der Waals surface area (Å²) in [5, 5.41) is 3.16. The highest BCUT2D eigenvalue weighted by Gasteiger charge is 2.33. The topological polar surface area (TPSA) is 123 Å². The van der Waals surface area contributed by atoms with Gasteiger partial charge in [-0.1, -0.05) is 31.5 Å². The van der Waals surface area contributed by atoms with Gasteiger partial charge in [0.05, 0.1) is 17.5 Å². The Morgan fingerprint density at radius 1 is 1.14 bits per heavy atom. The number of furan rings is 1. The lowest BCUT2D eigenvalue weighted by molar-refractivity contribution is 0.0612. The van der Waals surface area contributed by atoms with Crippen LogP contribution in [0.3, 0.4) is 0 Å². The molecular weight excluding hydrogens is 569 g/mol. The number of hydrogen-bond donors (Lipinski definition) is 2. The van der Waals surface area contributed by atoms with E-state index in [4.69, 9.17) is 15.1 Å². The zero-order chi connectivity index (χ0) is 30.8. The normalized spacial score (nSPS) is 12.3. The Bertz CT molecular complexity index is 1860. The van der Waals surface area contributed by atoms with Gasteiger partial charge in [0, 0.05) is 35.5 Å². The summed E-state index contributed by atoms with van der Waals surface area (Å²) in [6.45, 7) is 8.66. The molecule has 2 aromatic carbocycles. The van der Waals surface area contributed by atoms with E-state index in [0.29, 0.717) is 33.8 Å². The number of carbonyl (C=O) groups excluding carboxylic acids is 2. The molecule has 224 valence electrons. The maximum Gasteiger partial charge on any atom is 0.297 e. The van der Waals surface area contributed by atoms with Crippen molar-refractivity contribution in [1.29, 1.82) is 0 Å². The van der Waals surface area contributed by atoms with Crippen molar-refractivity contribution in [2.45, 2.75) is 40.3 Å². The van der Waals surface area contributed by atoms with Crippen LogP contribution in [-0.2, 0) is 6.54 Å². The second kappa shape index (κ2) is 12.5. The molecule has 0 fully saturated rings. The summed E-state index contributed by atoms with van der Waals surface area (Å²) in [6, 6.07) is 14.1. The van der Waals surface area contributed by atoms with Crippen molar-refractivity contribution in [3.05, 3.63) is 97.5 Å². The summed E-state index contributed by atoms with van der Waals surface area (Å²) in [5.74, 6) is -0.805. The molecule has 2 amide bonds. The maximum absolute atomic E-state index is 14.3. The molecule has 0 spiro atoms. The molecule has 0 aliphatic rings. The van der Waals surface area contributed by atoms with E-state index in [-0.39, 0.29) is 48.5 Å². The third-order valence-corrected chi connectivity index (χ3v) is 8.33. The summed E-state index contributed by atoms with van der Waals surface area (Å²) >= 11 is 1.27. The molecule has 1 unspecified atom stereocenters. The SMILES string of the molecule is CCNC(=O)c1ccc(Cn2c(C(C(C)C)N(CCN)C(=O)c3ccc(C)cc3)nc3c(oc4ccc(F)cc43)c2=O)s1. The fraction of sp³-hybridized carbons (Fsp3) is 0.312. The zero-order valence-corrected chi connectivity index (χ0v) is 25.3. The molecular formula is C32H34FN5O4S. The fourth-order valence-electron chi connectivity index (χ4n) is 5.25. The minimum atomic E-state index is -0.671. The average molecular weight is 604 g/mol. The predicted molar refractivity (Wildman–Crippen MR) is 166 cm³/mol. The quantitative estimate of drug-likeness (QED) is 0.225. The number of thiophene rings is 1. The minimum absolute atomic E-state index is 0.0115. The lowest BCUT2D eigenvalue weighted by atomic mass is 9.99. The van der Waals surface area contributed by atoms with Crippen LogP contribution in [0.15, 0.2) is 63.8 Å². The van der Waals surface area contributed by atoms with Gasteiger partial charge in [-0.05, 0) is 62.2 Å². The van der Waals surface area contributed by atoms with E-state index in [9.17, 15) is 18.8 Å². The molecule has 0 aliphatic heterocycles. The Morgan fingerprint density at radius 2 is 1.88 bits per heavy atom.